The van der Waals surface area contributed by atoms with E-state index in [1.807, 2.05) is 11.8 Å². The van der Waals surface area contributed by atoms with Crippen molar-refractivity contribution in [3.63, 3.8) is 0 Å². The fourth-order valence-electron chi connectivity index (χ4n) is 3.77. The predicted molar refractivity (Wildman–Crippen MR) is 120 cm³/mol. The fourth-order valence-corrected chi connectivity index (χ4v) is 3.77. The Morgan fingerprint density at radius 2 is 2.00 bits per heavy atom. The lowest BCUT2D eigenvalue weighted by Gasteiger charge is -2.21. The molecule has 1 atom stereocenters. The Kier molecular flexibility index (Phi) is 12.2. The summed E-state index contributed by atoms with van der Waals surface area (Å²) in [5.41, 5.74) is 0. The van der Waals surface area contributed by atoms with Crippen molar-refractivity contribution >= 4 is 35.8 Å². The van der Waals surface area contributed by atoms with E-state index in [4.69, 9.17) is 0 Å². The van der Waals surface area contributed by atoms with E-state index < -0.39 is 12.7 Å². The van der Waals surface area contributed by atoms with Crippen molar-refractivity contribution in [1.82, 2.24) is 20.4 Å². The van der Waals surface area contributed by atoms with Gasteiger partial charge < -0.3 is 15.5 Å². The number of carbonyl (C=O) groups is 1. The average Bonchev–Trinajstić information content (AvgIpc) is 2.95. The Balaban J connectivity index is 0.00000420. The van der Waals surface area contributed by atoms with Crippen LogP contribution in [0.4, 0.5) is 13.2 Å². The molecule has 0 spiro atoms. The normalized spacial score (nSPS) is 21.7. The van der Waals surface area contributed by atoms with Gasteiger partial charge in [-0.2, -0.15) is 13.2 Å². The van der Waals surface area contributed by atoms with E-state index in [-0.39, 0.29) is 35.8 Å². The molecule has 2 fully saturated rings. The number of hydrogen-bond acceptors (Lipinski definition) is 3. The Morgan fingerprint density at radius 3 is 2.72 bits per heavy atom. The molecule has 170 valence electrons. The summed E-state index contributed by atoms with van der Waals surface area (Å²) in [6.45, 7) is 5.63. The molecule has 2 saturated heterocycles. The van der Waals surface area contributed by atoms with Crippen LogP contribution in [0.15, 0.2) is 4.99 Å². The molecule has 29 heavy (non-hydrogen) atoms. The molecule has 0 radical (unpaired) electrons. The SMILES string of the molecule is CCNC(=NCC1CCN(CC(F)(F)F)C1)NCCCN1CCCCCC1=O.I. The second kappa shape index (κ2) is 13.5. The number of hydrogen-bond donors (Lipinski definition) is 2. The predicted octanol–water partition coefficient (Wildman–Crippen LogP) is 2.84. The molecular formula is C19H35F3IN5O. The van der Waals surface area contributed by atoms with E-state index in [1.165, 1.54) is 4.90 Å². The lowest BCUT2D eigenvalue weighted by Crippen LogP contribution is -2.40. The molecule has 0 aromatic carbocycles. The molecule has 2 rings (SSSR count). The first-order chi connectivity index (χ1) is 13.4. The number of halogens is 4. The first-order valence-corrected chi connectivity index (χ1v) is 10.5. The molecule has 0 aromatic heterocycles. The Bertz CT molecular complexity index is 519. The Morgan fingerprint density at radius 1 is 1.21 bits per heavy atom. The lowest BCUT2D eigenvalue weighted by molar-refractivity contribution is -0.143. The van der Waals surface area contributed by atoms with Crippen LogP contribution >= 0.6 is 24.0 Å². The molecule has 0 aliphatic carbocycles. The number of aliphatic imine (C=N–C) groups is 1. The molecule has 2 N–H and O–H groups in total. The summed E-state index contributed by atoms with van der Waals surface area (Å²) in [4.78, 5) is 20.0. The van der Waals surface area contributed by atoms with E-state index >= 15 is 0 Å². The number of nitrogens with one attached hydrogen (secondary N) is 2. The quantitative estimate of drug-likeness (QED) is 0.218. The monoisotopic (exact) mass is 533 g/mol. The molecular weight excluding hydrogens is 498 g/mol. The van der Waals surface area contributed by atoms with Crippen molar-refractivity contribution in [2.24, 2.45) is 10.9 Å². The van der Waals surface area contributed by atoms with E-state index in [1.54, 1.807) is 0 Å². The van der Waals surface area contributed by atoms with Crippen LogP contribution in [-0.4, -0.2) is 80.2 Å². The molecule has 2 heterocycles. The highest BCUT2D eigenvalue weighted by atomic mass is 127. The van der Waals surface area contributed by atoms with E-state index in [2.05, 4.69) is 15.6 Å². The minimum absolute atomic E-state index is 0. The maximum absolute atomic E-state index is 12.5. The number of nitrogens with zero attached hydrogens (tertiary/aromatic N) is 3. The van der Waals surface area contributed by atoms with Crippen LogP contribution in [0, 0.1) is 5.92 Å². The van der Waals surface area contributed by atoms with Crippen LogP contribution in [-0.2, 0) is 4.79 Å². The summed E-state index contributed by atoms with van der Waals surface area (Å²) in [6.07, 6.45) is 1.31. The number of alkyl halides is 3. The van der Waals surface area contributed by atoms with Crippen LogP contribution in [0.3, 0.4) is 0 Å². The second-order valence-electron chi connectivity index (χ2n) is 7.70. The van der Waals surface area contributed by atoms with E-state index in [0.717, 1.165) is 51.7 Å². The third kappa shape index (κ3) is 10.7. The molecule has 0 saturated carbocycles. The minimum atomic E-state index is -4.14. The Labute approximate surface area is 189 Å². The average molecular weight is 533 g/mol. The third-order valence-corrected chi connectivity index (χ3v) is 5.19. The fraction of sp³-hybridized carbons (Fsp3) is 0.895. The Hall–Kier alpha value is -0.780. The molecule has 2 aliphatic rings. The maximum atomic E-state index is 12.5. The summed E-state index contributed by atoms with van der Waals surface area (Å²) < 4.78 is 37.5. The van der Waals surface area contributed by atoms with Crippen molar-refractivity contribution in [3.8, 4) is 0 Å². The van der Waals surface area contributed by atoms with Crippen LogP contribution in [0.2, 0.25) is 0 Å². The number of guanidine groups is 1. The van der Waals surface area contributed by atoms with Gasteiger partial charge in [-0.3, -0.25) is 14.7 Å². The number of likely N-dealkylation sites (tertiary alicyclic amines) is 2. The zero-order valence-electron chi connectivity index (χ0n) is 17.3. The van der Waals surface area contributed by atoms with Gasteiger partial charge in [0, 0.05) is 45.7 Å². The molecule has 2 aliphatic heterocycles. The summed E-state index contributed by atoms with van der Waals surface area (Å²) in [7, 11) is 0. The van der Waals surface area contributed by atoms with Crippen LogP contribution in [0.25, 0.3) is 0 Å². The maximum Gasteiger partial charge on any atom is 0.401 e. The molecule has 6 nitrogen and oxygen atoms in total. The van der Waals surface area contributed by atoms with Gasteiger partial charge in [0.25, 0.3) is 0 Å². The van der Waals surface area contributed by atoms with Crippen molar-refractivity contribution < 1.29 is 18.0 Å². The van der Waals surface area contributed by atoms with E-state index in [0.29, 0.717) is 38.6 Å². The van der Waals surface area contributed by atoms with Gasteiger partial charge in [-0.15, -0.1) is 24.0 Å². The summed E-state index contributed by atoms with van der Waals surface area (Å²) in [5.74, 6) is 1.11. The highest BCUT2D eigenvalue weighted by molar-refractivity contribution is 14.0. The van der Waals surface area contributed by atoms with Gasteiger partial charge in [0.15, 0.2) is 5.96 Å². The van der Waals surface area contributed by atoms with Gasteiger partial charge in [0.2, 0.25) is 5.91 Å². The second-order valence-corrected chi connectivity index (χ2v) is 7.70. The smallest absolute Gasteiger partial charge is 0.357 e. The van der Waals surface area contributed by atoms with Gasteiger partial charge in [-0.1, -0.05) is 6.42 Å². The van der Waals surface area contributed by atoms with Crippen molar-refractivity contribution in [3.05, 3.63) is 0 Å². The molecule has 10 heteroatoms. The van der Waals surface area contributed by atoms with Gasteiger partial charge in [0.05, 0.1) is 6.54 Å². The first-order valence-electron chi connectivity index (χ1n) is 10.5. The summed E-state index contributed by atoms with van der Waals surface area (Å²) >= 11 is 0. The highest BCUT2D eigenvalue weighted by Crippen LogP contribution is 2.22. The highest BCUT2D eigenvalue weighted by Gasteiger charge is 2.34. The van der Waals surface area contributed by atoms with Gasteiger partial charge >= 0.3 is 6.18 Å². The van der Waals surface area contributed by atoms with Gasteiger partial charge in [-0.25, -0.2) is 0 Å². The molecule has 1 unspecified atom stereocenters. The number of carbonyl (C=O) groups excluding carboxylic acids is 1. The van der Waals surface area contributed by atoms with E-state index in [9.17, 15) is 18.0 Å². The van der Waals surface area contributed by atoms with Crippen LogP contribution in [0.1, 0.15) is 45.4 Å². The summed E-state index contributed by atoms with van der Waals surface area (Å²) in [6, 6.07) is 0. The van der Waals surface area contributed by atoms with Crippen molar-refractivity contribution in [2.75, 3.05) is 52.4 Å². The zero-order valence-corrected chi connectivity index (χ0v) is 19.6. The van der Waals surface area contributed by atoms with Gasteiger partial charge in [0.1, 0.15) is 0 Å². The zero-order chi connectivity index (χ0) is 20.4. The van der Waals surface area contributed by atoms with Crippen LogP contribution in [0.5, 0.6) is 0 Å². The largest absolute Gasteiger partial charge is 0.401 e. The van der Waals surface area contributed by atoms with Gasteiger partial charge in [-0.05, 0) is 45.1 Å². The number of rotatable bonds is 8. The lowest BCUT2D eigenvalue weighted by atomic mass is 10.1. The standard InChI is InChI=1S/C19H34F3N5O.HI/c1-2-23-18(24-9-6-11-27-10-5-3-4-7-17(27)28)25-13-16-8-12-26(14-16)15-19(20,21)22;/h16H,2-15H2,1H3,(H2,23,24,25);1H. The minimum Gasteiger partial charge on any atom is -0.357 e. The summed E-state index contributed by atoms with van der Waals surface area (Å²) in [5, 5.41) is 6.45. The molecule has 0 aromatic rings. The van der Waals surface area contributed by atoms with Crippen LogP contribution < -0.4 is 10.6 Å². The molecule has 1 amide bonds. The topological polar surface area (TPSA) is 60.0 Å². The van der Waals surface area contributed by atoms with Crippen molar-refractivity contribution in [1.29, 1.82) is 0 Å². The molecule has 0 bridgehead atoms. The third-order valence-electron chi connectivity index (χ3n) is 5.19. The van der Waals surface area contributed by atoms with Crippen molar-refractivity contribution in [2.45, 2.75) is 51.6 Å². The number of amides is 1. The first kappa shape index (κ1) is 26.3.